The number of carbonyl (C=O) groups excluding carboxylic acids is 1. The van der Waals surface area contributed by atoms with Gasteiger partial charge in [0.15, 0.2) is 5.78 Å². The summed E-state index contributed by atoms with van der Waals surface area (Å²) in [5.74, 6) is -0.961. The van der Waals surface area contributed by atoms with Crippen molar-refractivity contribution in [3.63, 3.8) is 0 Å². The number of aromatic nitrogens is 1. The summed E-state index contributed by atoms with van der Waals surface area (Å²) in [5, 5.41) is 10.3. The molecule has 1 N–H and O–H groups in total. The molecule has 0 aliphatic carbocycles. The van der Waals surface area contributed by atoms with Crippen LogP contribution in [0.25, 0.3) is 10.9 Å². The van der Waals surface area contributed by atoms with Crippen molar-refractivity contribution in [2.24, 2.45) is 0 Å². The van der Waals surface area contributed by atoms with Crippen LogP contribution in [-0.2, 0) is 13.0 Å². The van der Waals surface area contributed by atoms with E-state index in [2.05, 4.69) is 0 Å². The maximum Gasteiger partial charge on any atom is 0.337 e. The molecular weight excluding hydrogens is 266 g/mol. The zero-order chi connectivity index (χ0) is 15.7. The molecule has 0 radical (unpaired) electrons. The van der Waals surface area contributed by atoms with Crippen LogP contribution in [0.15, 0.2) is 12.1 Å². The minimum Gasteiger partial charge on any atom is -0.478 e. The van der Waals surface area contributed by atoms with Crippen molar-refractivity contribution in [1.82, 2.24) is 4.57 Å². The average Bonchev–Trinajstić information content (AvgIpc) is 2.70. The molecular formula is C17H21NO3. The highest BCUT2D eigenvalue weighted by Crippen LogP contribution is 2.31. The predicted octanol–water partition coefficient (Wildman–Crippen LogP) is 3.82. The second-order valence-corrected chi connectivity index (χ2v) is 5.37. The lowest BCUT2D eigenvalue weighted by Gasteiger charge is -2.09. The molecule has 0 amide bonds. The average molecular weight is 287 g/mol. The molecule has 0 saturated heterocycles. The molecule has 2 aromatic rings. The van der Waals surface area contributed by atoms with Gasteiger partial charge in [0.1, 0.15) is 0 Å². The number of aryl methyl sites for hydroxylation is 2. The van der Waals surface area contributed by atoms with Crippen LogP contribution in [0.4, 0.5) is 0 Å². The Morgan fingerprint density at radius 2 is 1.90 bits per heavy atom. The van der Waals surface area contributed by atoms with E-state index in [1.165, 1.54) is 6.92 Å². The Morgan fingerprint density at radius 1 is 1.24 bits per heavy atom. The molecule has 0 fully saturated rings. The summed E-state index contributed by atoms with van der Waals surface area (Å²) in [6, 6.07) is 3.68. The van der Waals surface area contributed by atoms with Gasteiger partial charge in [-0.3, -0.25) is 4.79 Å². The summed E-state index contributed by atoms with van der Waals surface area (Å²) in [4.78, 5) is 23.6. The molecule has 1 aromatic heterocycles. The molecule has 0 spiro atoms. The van der Waals surface area contributed by atoms with Gasteiger partial charge >= 0.3 is 5.97 Å². The van der Waals surface area contributed by atoms with Gasteiger partial charge in [-0.05, 0) is 44.4 Å². The van der Waals surface area contributed by atoms with E-state index in [9.17, 15) is 14.7 Å². The van der Waals surface area contributed by atoms with Gasteiger partial charge in [-0.25, -0.2) is 4.79 Å². The van der Waals surface area contributed by atoms with Gasteiger partial charge in [-0.15, -0.1) is 0 Å². The fourth-order valence-electron chi connectivity index (χ4n) is 2.99. The standard InChI is InChI=1S/C17H21NO3/c1-5-7-18-10(3)15(11(4)19)13-8-12(6-2)9-14(16(13)18)17(20)21/h8-9H,5-7H2,1-4H3,(H,20,21). The Balaban J connectivity index is 2.98. The van der Waals surface area contributed by atoms with E-state index in [0.29, 0.717) is 17.6 Å². The third-order valence-electron chi connectivity index (χ3n) is 3.91. The molecule has 1 aromatic carbocycles. The zero-order valence-electron chi connectivity index (χ0n) is 13.0. The third-order valence-corrected chi connectivity index (χ3v) is 3.91. The minimum absolute atomic E-state index is 0.0167. The third kappa shape index (κ3) is 2.46. The number of rotatable bonds is 5. The second-order valence-electron chi connectivity index (χ2n) is 5.37. The Kier molecular flexibility index (Phi) is 4.16. The lowest BCUT2D eigenvalue weighted by atomic mass is 10.0. The molecule has 4 heteroatoms. The Hall–Kier alpha value is -2.10. The van der Waals surface area contributed by atoms with Crippen molar-refractivity contribution in [2.75, 3.05) is 0 Å². The highest BCUT2D eigenvalue weighted by molar-refractivity contribution is 6.13. The largest absolute Gasteiger partial charge is 0.478 e. The lowest BCUT2D eigenvalue weighted by molar-refractivity contribution is 0.0698. The number of fused-ring (bicyclic) bond motifs is 1. The van der Waals surface area contributed by atoms with Crippen LogP contribution in [0.1, 0.15) is 59.2 Å². The zero-order valence-corrected chi connectivity index (χ0v) is 13.0. The number of carboxylic acids is 1. The van der Waals surface area contributed by atoms with Crippen LogP contribution in [0, 0.1) is 6.92 Å². The first-order valence-corrected chi connectivity index (χ1v) is 7.32. The number of nitrogens with zero attached hydrogens (tertiary/aromatic N) is 1. The number of ketones is 1. The van der Waals surface area contributed by atoms with Crippen LogP contribution in [0.3, 0.4) is 0 Å². The SMILES string of the molecule is CCCn1c(C)c(C(C)=O)c2cc(CC)cc(C(=O)O)c21. The Bertz CT molecular complexity index is 725. The highest BCUT2D eigenvalue weighted by Gasteiger charge is 2.22. The van der Waals surface area contributed by atoms with Gasteiger partial charge < -0.3 is 9.67 Å². The van der Waals surface area contributed by atoms with Crippen LogP contribution < -0.4 is 0 Å². The normalized spacial score (nSPS) is 11.0. The fourth-order valence-corrected chi connectivity index (χ4v) is 2.99. The maximum atomic E-state index is 12.0. The smallest absolute Gasteiger partial charge is 0.337 e. The van der Waals surface area contributed by atoms with Crippen molar-refractivity contribution in [3.05, 3.63) is 34.5 Å². The van der Waals surface area contributed by atoms with E-state index in [4.69, 9.17) is 0 Å². The molecule has 0 bridgehead atoms. The van der Waals surface area contributed by atoms with Gasteiger partial charge in [-0.1, -0.05) is 13.8 Å². The van der Waals surface area contributed by atoms with Gasteiger partial charge in [0.05, 0.1) is 11.1 Å². The predicted molar refractivity (Wildman–Crippen MR) is 83.3 cm³/mol. The summed E-state index contributed by atoms with van der Waals surface area (Å²) in [7, 11) is 0. The molecule has 0 atom stereocenters. The summed E-state index contributed by atoms with van der Waals surface area (Å²) >= 11 is 0. The first kappa shape index (κ1) is 15.3. The Morgan fingerprint density at radius 3 is 2.38 bits per heavy atom. The topological polar surface area (TPSA) is 59.3 Å². The second kappa shape index (κ2) is 5.72. The van der Waals surface area contributed by atoms with Crippen molar-refractivity contribution < 1.29 is 14.7 Å². The monoisotopic (exact) mass is 287 g/mol. The highest BCUT2D eigenvalue weighted by atomic mass is 16.4. The maximum absolute atomic E-state index is 12.0. The number of hydrogen-bond donors (Lipinski definition) is 1. The van der Waals surface area contributed by atoms with Crippen molar-refractivity contribution in [3.8, 4) is 0 Å². The molecule has 1 heterocycles. The van der Waals surface area contributed by atoms with Crippen LogP contribution in [0.5, 0.6) is 0 Å². The van der Waals surface area contributed by atoms with Crippen molar-refractivity contribution >= 4 is 22.7 Å². The van der Waals surface area contributed by atoms with Crippen LogP contribution in [0.2, 0.25) is 0 Å². The van der Waals surface area contributed by atoms with Gasteiger partial charge in [0.25, 0.3) is 0 Å². The van der Waals surface area contributed by atoms with E-state index >= 15 is 0 Å². The molecule has 112 valence electrons. The van der Waals surface area contributed by atoms with Gasteiger partial charge in [-0.2, -0.15) is 0 Å². The van der Waals surface area contributed by atoms with E-state index in [-0.39, 0.29) is 11.3 Å². The van der Waals surface area contributed by atoms with Crippen LogP contribution in [-0.4, -0.2) is 21.4 Å². The summed E-state index contributed by atoms with van der Waals surface area (Å²) in [5.41, 5.74) is 3.40. The van der Waals surface area contributed by atoms with E-state index in [0.717, 1.165) is 29.5 Å². The summed E-state index contributed by atoms with van der Waals surface area (Å²) in [6.07, 6.45) is 1.63. The Labute approximate surface area is 124 Å². The van der Waals surface area contributed by atoms with Crippen molar-refractivity contribution in [2.45, 2.75) is 47.1 Å². The van der Waals surface area contributed by atoms with E-state index < -0.39 is 5.97 Å². The quantitative estimate of drug-likeness (QED) is 0.850. The molecule has 0 aliphatic rings. The molecule has 0 saturated carbocycles. The number of carboxylic acid groups (broad SMARTS) is 1. The number of aromatic carboxylic acids is 1. The van der Waals surface area contributed by atoms with E-state index in [1.807, 2.05) is 31.4 Å². The molecule has 21 heavy (non-hydrogen) atoms. The molecule has 0 aliphatic heterocycles. The lowest BCUT2D eigenvalue weighted by Crippen LogP contribution is -2.06. The van der Waals surface area contributed by atoms with Gasteiger partial charge in [0, 0.05) is 23.2 Å². The molecule has 0 unspecified atom stereocenters. The number of carbonyl (C=O) groups is 2. The molecule has 2 rings (SSSR count). The summed E-state index contributed by atoms with van der Waals surface area (Å²) in [6.45, 7) is 8.16. The fraction of sp³-hybridized carbons (Fsp3) is 0.412. The van der Waals surface area contributed by atoms with Gasteiger partial charge in [0.2, 0.25) is 0 Å². The number of benzene rings is 1. The first-order valence-electron chi connectivity index (χ1n) is 7.32. The number of hydrogen-bond acceptors (Lipinski definition) is 2. The molecule has 4 nitrogen and oxygen atoms in total. The number of Topliss-reactive ketones (excluding diaryl/α,β-unsaturated/α-hetero) is 1. The van der Waals surface area contributed by atoms with E-state index in [1.54, 1.807) is 6.07 Å². The minimum atomic E-state index is -0.944. The van der Waals surface area contributed by atoms with Crippen molar-refractivity contribution in [1.29, 1.82) is 0 Å². The summed E-state index contributed by atoms with van der Waals surface area (Å²) < 4.78 is 1.97. The van der Waals surface area contributed by atoms with Crippen LogP contribution >= 0.6 is 0 Å². The first-order chi connectivity index (χ1) is 9.92.